The largest absolute Gasteiger partial charge is 0.389 e. The van der Waals surface area contributed by atoms with Crippen molar-refractivity contribution in [3.63, 3.8) is 0 Å². The number of nitrogens with one attached hydrogen (secondary N) is 1. The van der Waals surface area contributed by atoms with E-state index in [1.165, 1.54) is 5.56 Å². The first kappa shape index (κ1) is 13.1. The van der Waals surface area contributed by atoms with Gasteiger partial charge in [0.15, 0.2) is 0 Å². The molecule has 1 heterocycles. The van der Waals surface area contributed by atoms with Gasteiger partial charge in [0, 0.05) is 19.3 Å². The molecular formula is C13H22N2O. The summed E-state index contributed by atoms with van der Waals surface area (Å²) in [6.07, 6.45) is 3.56. The SMILES string of the molecule is CCc1cccnc1CNCC(C)(O)CC. The van der Waals surface area contributed by atoms with Crippen LogP contribution in [0, 0.1) is 0 Å². The third kappa shape index (κ3) is 3.91. The van der Waals surface area contributed by atoms with Crippen molar-refractivity contribution in [1.82, 2.24) is 10.3 Å². The highest BCUT2D eigenvalue weighted by Crippen LogP contribution is 2.08. The number of rotatable bonds is 6. The van der Waals surface area contributed by atoms with Crippen molar-refractivity contribution in [3.8, 4) is 0 Å². The van der Waals surface area contributed by atoms with Crippen LogP contribution in [-0.4, -0.2) is 22.2 Å². The number of hydrogen-bond donors (Lipinski definition) is 2. The zero-order valence-corrected chi connectivity index (χ0v) is 10.5. The highest BCUT2D eigenvalue weighted by molar-refractivity contribution is 5.19. The Morgan fingerprint density at radius 3 is 2.81 bits per heavy atom. The van der Waals surface area contributed by atoms with Gasteiger partial charge in [-0.1, -0.05) is 19.9 Å². The molecular weight excluding hydrogens is 200 g/mol. The molecule has 90 valence electrons. The van der Waals surface area contributed by atoms with E-state index in [9.17, 15) is 5.11 Å². The summed E-state index contributed by atoms with van der Waals surface area (Å²) in [6.45, 7) is 7.28. The third-order valence-electron chi connectivity index (χ3n) is 2.93. The first-order valence-electron chi connectivity index (χ1n) is 5.95. The summed E-state index contributed by atoms with van der Waals surface area (Å²) in [4.78, 5) is 4.35. The Morgan fingerprint density at radius 1 is 1.44 bits per heavy atom. The number of hydrogen-bond acceptors (Lipinski definition) is 3. The van der Waals surface area contributed by atoms with E-state index in [1.807, 2.05) is 26.1 Å². The minimum atomic E-state index is -0.624. The number of aryl methyl sites for hydroxylation is 1. The van der Waals surface area contributed by atoms with Gasteiger partial charge in [-0.15, -0.1) is 0 Å². The van der Waals surface area contributed by atoms with Crippen LogP contribution in [0.4, 0.5) is 0 Å². The summed E-state index contributed by atoms with van der Waals surface area (Å²) < 4.78 is 0. The lowest BCUT2D eigenvalue weighted by molar-refractivity contribution is 0.0554. The smallest absolute Gasteiger partial charge is 0.0741 e. The van der Waals surface area contributed by atoms with Gasteiger partial charge in [-0.25, -0.2) is 0 Å². The van der Waals surface area contributed by atoms with E-state index in [1.54, 1.807) is 0 Å². The molecule has 1 atom stereocenters. The molecule has 0 spiro atoms. The Labute approximate surface area is 97.9 Å². The molecule has 2 N–H and O–H groups in total. The van der Waals surface area contributed by atoms with Gasteiger partial charge in [-0.2, -0.15) is 0 Å². The summed E-state index contributed by atoms with van der Waals surface area (Å²) >= 11 is 0. The third-order valence-corrected chi connectivity index (χ3v) is 2.93. The highest BCUT2D eigenvalue weighted by Gasteiger charge is 2.16. The number of pyridine rings is 1. The van der Waals surface area contributed by atoms with Gasteiger partial charge in [0.05, 0.1) is 11.3 Å². The quantitative estimate of drug-likeness (QED) is 0.772. The Morgan fingerprint density at radius 2 is 2.19 bits per heavy atom. The molecule has 3 nitrogen and oxygen atoms in total. The first-order chi connectivity index (χ1) is 7.59. The standard InChI is InChI=1S/C13H22N2O/c1-4-11-7-6-8-15-12(11)9-14-10-13(3,16)5-2/h6-8,14,16H,4-5,9-10H2,1-3H3. The van der Waals surface area contributed by atoms with Crippen LogP contribution < -0.4 is 5.32 Å². The molecule has 1 aromatic heterocycles. The average Bonchev–Trinajstić information content (AvgIpc) is 2.29. The predicted molar refractivity (Wildman–Crippen MR) is 66.2 cm³/mol. The minimum absolute atomic E-state index is 0.600. The van der Waals surface area contributed by atoms with E-state index in [2.05, 4.69) is 23.3 Å². The summed E-state index contributed by atoms with van der Waals surface area (Å²) in [5, 5.41) is 13.1. The van der Waals surface area contributed by atoms with E-state index in [0.717, 1.165) is 25.1 Å². The molecule has 0 bridgehead atoms. The molecule has 0 aliphatic carbocycles. The molecule has 0 radical (unpaired) electrons. The molecule has 1 rings (SSSR count). The van der Waals surface area contributed by atoms with E-state index in [0.29, 0.717) is 6.54 Å². The molecule has 16 heavy (non-hydrogen) atoms. The molecule has 0 aliphatic rings. The van der Waals surface area contributed by atoms with Crippen LogP contribution in [0.5, 0.6) is 0 Å². The van der Waals surface area contributed by atoms with E-state index >= 15 is 0 Å². The molecule has 0 aliphatic heterocycles. The number of aromatic nitrogens is 1. The van der Waals surface area contributed by atoms with Crippen molar-refractivity contribution < 1.29 is 5.11 Å². The number of aliphatic hydroxyl groups is 1. The fraction of sp³-hybridized carbons (Fsp3) is 0.615. The Hall–Kier alpha value is -0.930. The molecule has 0 saturated heterocycles. The molecule has 3 heteroatoms. The lowest BCUT2D eigenvalue weighted by Gasteiger charge is -2.21. The Kier molecular flexibility index (Phi) is 4.90. The first-order valence-corrected chi connectivity index (χ1v) is 5.95. The van der Waals surface area contributed by atoms with Crippen molar-refractivity contribution in [2.75, 3.05) is 6.54 Å². The van der Waals surface area contributed by atoms with Gasteiger partial charge in [0.2, 0.25) is 0 Å². The summed E-state index contributed by atoms with van der Waals surface area (Å²) in [5.41, 5.74) is 1.73. The Balaban J connectivity index is 2.49. The summed E-state index contributed by atoms with van der Waals surface area (Å²) in [6, 6.07) is 4.06. The predicted octanol–water partition coefficient (Wildman–Crippen LogP) is 1.89. The van der Waals surface area contributed by atoms with E-state index in [-0.39, 0.29) is 0 Å². The van der Waals surface area contributed by atoms with Crippen LogP contribution in [0.25, 0.3) is 0 Å². The second-order valence-electron chi connectivity index (χ2n) is 4.42. The molecule has 1 unspecified atom stereocenters. The van der Waals surface area contributed by atoms with Crippen molar-refractivity contribution in [2.24, 2.45) is 0 Å². The summed E-state index contributed by atoms with van der Waals surface area (Å²) in [7, 11) is 0. The van der Waals surface area contributed by atoms with Crippen molar-refractivity contribution >= 4 is 0 Å². The maximum Gasteiger partial charge on any atom is 0.0741 e. The topological polar surface area (TPSA) is 45.2 Å². The summed E-state index contributed by atoms with van der Waals surface area (Å²) in [5.74, 6) is 0. The lowest BCUT2D eigenvalue weighted by atomic mass is 10.0. The monoisotopic (exact) mass is 222 g/mol. The molecule has 0 saturated carbocycles. The van der Waals surface area contributed by atoms with Gasteiger partial charge in [0.25, 0.3) is 0 Å². The van der Waals surface area contributed by atoms with Gasteiger partial charge < -0.3 is 10.4 Å². The van der Waals surface area contributed by atoms with Gasteiger partial charge in [0.1, 0.15) is 0 Å². The second kappa shape index (κ2) is 5.97. The fourth-order valence-corrected chi connectivity index (χ4v) is 1.53. The average molecular weight is 222 g/mol. The lowest BCUT2D eigenvalue weighted by Crippen LogP contribution is -2.37. The van der Waals surface area contributed by atoms with Gasteiger partial charge >= 0.3 is 0 Å². The van der Waals surface area contributed by atoms with Gasteiger partial charge in [-0.05, 0) is 31.4 Å². The van der Waals surface area contributed by atoms with Crippen molar-refractivity contribution in [1.29, 1.82) is 0 Å². The van der Waals surface area contributed by atoms with Gasteiger partial charge in [-0.3, -0.25) is 4.98 Å². The van der Waals surface area contributed by atoms with Crippen LogP contribution in [0.1, 0.15) is 38.4 Å². The normalized spacial score (nSPS) is 14.8. The minimum Gasteiger partial charge on any atom is -0.389 e. The van der Waals surface area contributed by atoms with E-state index in [4.69, 9.17) is 0 Å². The Bertz CT molecular complexity index is 323. The highest BCUT2D eigenvalue weighted by atomic mass is 16.3. The number of nitrogens with zero attached hydrogens (tertiary/aromatic N) is 1. The van der Waals surface area contributed by atoms with Crippen LogP contribution >= 0.6 is 0 Å². The maximum absolute atomic E-state index is 9.84. The zero-order chi connectivity index (χ0) is 12.0. The van der Waals surface area contributed by atoms with Crippen molar-refractivity contribution in [2.45, 2.75) is 45.8 Å². The molecule has 1 aromatic rings. The van der Waals surface area contributed by atoms with Crippen LogP contribution in [0.3, 0.4) is 0 Å². The molecule has 0 fully saturated rings. The molecule has 0 aromatic carbocycles. The van der Waals surface area contributed by atoms with Crippen LogP contribution in [0.2, 0.25) is 0 Å². The maximum atomic E-state index is 9.84. The van der Waals surface area contributed by atoms with E-state index < -0.39 is 5.60 Å². The molecule has 0 amide bonds. The zero-order valence-electron chi connectivity index (χ0n) is 10.5. The fourth-order valence-electron chi connectivity index (χ4n) is 1.53. The second-order valence-corrected chi connectivity index (χ2v) is 4.42. The van der Waals surface area contributed by atoms with Crippen LogP contribution in [-0.2, 0) is 13.0 Å². The van der Waals surface area contributed by atoms with Crippen molar-refractivity contribution in [3.05, 3.63) is 29.6 Å². The van der Waals surface area contributed by atoms with Crippen LogP contribution in [0.15, 0.2) is 18.3 Å².